The summed E-state index contributed by atoms with van der Waals surface area (Å²) >= 11 is 5.86. The molecule has 2 heterocycles. The molecule has 0 saturated heterocycles. The van der Waals surface area contributed by atoms with Gasteiger partial charge >= 0.3 is 0 Å². The number of halogens is 1. The predicted octanol–water partition coefficient (Wildman–Crippen LogP) is 2.33. The average Bonchev–Trinajstić information content (AvgIpc) is 2.83. The number of hydrogen-bond donors (Lipinski definition) is 2. The highest BCUT2D eigenvalue weighted by atomic mass is 35.5. The third kappa shape index (κ3) is 2.17. The molecule has 0 saturated carbocycles. The van der Waals surface area contributed by atoms with Crippen molar-refractivity contribution in [1.82, 2.24) is 15.4 Å². The lowest BCUT2D eigenvalue weighted by atomic mass is 10.0. The Hall–Kier alpha value is -2.60. The van der Waals surface area contributed by atoms with Gasteiger partial charge in [-0.25, -0.2) is 5.10 Å². The Bertz CT molecular complexity index is 787. The summed E-state index contributed by atoms with van der Waals surface area (Å²) in [6.45, 7) is 0. The van der Waals surface area contributed by atoms with Crippen molar-refractivity contribution in [1.29, 1.82) is 0 Å². The SMILES string of the molecule is Nc1onc(-c2ccc(=O)[nH]n2)c1-c1ccc(Cl)cc1. The van der Waals surface area contributed by atoms with Crippen molar-refractivity contribution in [3.63, 3.8) is 0 Å². The van der Waals surface area contributed by atoms with Crippen molar-refractivity contribution < 1.29 is 4.52 Å². The summed E-state index contributed by atoms with van der Waals surface area (Å²) in [5.74, 6) is 0.176. The second kappa shape index (κ2) is 4.82. The molecule has 0 aliphatic carbocycles. The minimum absolute atomic E-state index is 0.176. The van der Waals surface area contributed by atoms with E-state index in [4.69, 9.17) is 21.9 Å². The second-order valence-corrected chi connectivity index (χ2v) is 4.52. The van der Waals surface area contributed by atoms with Crippen molar-refractivity contribution in [2.24, 2.45) is 0 Å². The van der Waals surface area contributed by atoms with Crippen LogP contribution in [0.2, 0.25) is 5.02 Å². The summed E-state index contributed by atoms with van der Waals surface area (Å²) < 4.78 is 5.03. The molecule has 0 fully saturated rings. The Labute approximate surface area is 118 Å². The fourth-order valence-corrected chi connectivity index (χ4v) is 1.98. The molecule has 3 N–H and O–H groups in total. The minimum Gasteiger partial charge on any atom is -0.367 e. The molecule has 0 radical (unpaired) electrons. The number of hydrogen-bond acceptors (Lipinski definition) is 5. The molecule has 3 rings (SSSR count). The zero-order valence-corrected chi connectivity index (χ0v) is 10.9. The van der Waals surface area contributed by atoms with Gasteiger partial charge in [-0.15, -0.1) is 0 Å². The Morgan fingerprint density at radius 2 is 1.90 bits per heavy atom. The molecule has 3 aromatic rings. The van der Waals surface area contributed by atoms with Gasteiger partial charge in [-0.1, -0.05) is 28.9 Å². The van der Waals surface area contributed by atoms with Crippen LogP contribution in [0, 0.1) is 0 Å². The molecular weight excluding hydrogens is 280 g/mol. The lowest BCUT2D eigenvalue weighted by Crippen LogP contribution is -2.05. The Morgan fingerprint density at radius 1 is 1.15 bits per heavy atom. The van der Waals surface area contributed by atoms with Crippen LogP contribution in [0.5, 0.6) is 0 Å². The number of nitrogens with two attached hydrogens (primary N) is 1. The Kier molecular flexibility index (Phi) is 3.00. The van der Waals surface area contributed by atoms with Gasteiger partial charge in [0, 0.05) is 11.1 Å². The predicted molar refractivity (Wildman–Crippen MR) is 75.2 cm³/mol. The number of aromatic amines is 1. The number of H-pyrrole nitrogens is 1. The maximum atomic E-state index is 11.0. The van der Waals surface area contributed by atoms with Crippen molar-refractivity contribution in [2.45, 2.75) is 0 Å². The molecule has 0 spiro atoms. The molecular formula is C13H9ClN4O2. The van der Waals surface area contributed by atoms with Crippen LogP contribution < -0.4 is 11.3 Å². The maximum absolute atomic E-state index is 11.0. The van der Waals surface area contributed by atoms with E-state index in [1.54, 1.807) is 30.3 Å². The largest absolute Gasteiger partial charge is 0.367 e. The van der Waals surface area contributed by atoms with Gasteiger partial charge in [0.05, 0.1) is 5.56 Å². The molecule has 1 aromatic carbocycles. The number of nitrogens with zero attached hydrogens (tertiary/aromatic N) is 2. The molecule has 0 unspecified atom stereocenters. The zero-order valence-electron chi connectivity index (χ0n) is 10.1. The van der Waals surface area contributed by atoms with Gasteiger partial charge < -0.3 is 10.3 Å². The van der Waals surface area contributed by atoms with Gasteiger partial charge in [0.2, 0.25) is 5.88 Å². The van der Waals surface area contributed by atoms with Crippen molar-refractivity contribution in [2.75, 3.05) is 5.73 Å². The van der Waals surface area contributed by atoms with Crippen LogP contribution in [0.3, 0.4) is 0 Å². The van der Waals surface area contributed by atoms with Crippen molar-refractivity contribution in [3.8, 4) is 22.5 Å². The number of aromatic nitrogens is 3. The first-order chi connectivity index (χ1) is 9.65. The van der Waals surface area contributed by atoms with E-state index in [0.29, 0.717) is 22.0 Å². The smallest absolute Gasteiger partial charge is 0.264 e. The summed E-state index contributed by atoms with van der Waals surface area (Å²) in [6, 6.07) is 10.0. The first-order valence-electron chi connectivity index (χ1n) is 5.72. The number of rotatable bonds is 2. The standard InChI is InChI=1S/C13H9ClN4O2/c14-8-3-1-7(2-4-8)11-12(18-20-13(11)15)9-5-6-10(19)17-16-9/h1-6H,15H2,(H,17,19). The topological polar surface area (TPSA) is 97.8 Å². The Morgan fingerprint density at radius 3 is 2.55 bits per heavy atom. The van der Waals surface area contributed by atoms with Gasteiger partial charge in [-0.05, 0) is 23.8 Å². The normalized spacial score (nSPS) is 10.7. The van der Waals surface area contributed by atoms with Crippen LogP contribution >= 0.6 is 11.6 Å². The van der Waals surface area contributed by atoms with E-state index in [0.717, 1.165) is 5.56 Å². The number of nitrogen functional groups attached to an aromatic ring is 1. The molecule has 20 heavy (non-hydrogen) atoms. The summed E-state index contributed by atoms with van der Waals surface area (Å²) in [7, 11) is 0. The van der Waals surface area contributed by atoms with Gasteiger partial charge in [0.1, 0.15) is 11.4 Å². The van der Waals surface area contributed by atoms with E-state index >= 15 is 0 Å². The van der Waals surface area contributed by atoms with E-state index in [1.165, 1.54) is 6.07 Å². The van der Waals surface area contributed by atoms with Gasteiger partial charge in [-0.3, -0.25) is 4.79 Å². The second-order valence-electron chi connectivity index (χ2n) is 4.08. The number of anilines is 1. The van der Waals surface area contributed by atoms with Crippen LogP contribution in [-0.4, -0.2) is 15.4 Å². The number of nitrogens with one attached hydrogen (secondary N) is 1. The van der Waals surface area contributed by atoms with Gasteiger partial charge in [-0.2, -0.15) is 5.10 Å². The summed E-state index contributed by atoms with van der Waals surface area (Å²) in [4.78, 5) is 11.0. The third-order valence-corrected chi connectivity index (χ3v) is 3.03. The molecule has 0 aliphatic rings. The lowest BCUT2D eigenvalue weighted by Gasteiger charge is -2.02. The fourth-order valence-electron chi connectivity index (χ4n) is 1.85. The molecule has 0 amide bonds. The quantitative estimate of drug-likeness (QED) is 0.754. The molecule has 0 aliphatic heterocycles. The van der Waals surface area contributed by atoms with Crippen molar-refractivity contribution in [3.05, 3.63) is 51.8 Å². The van der Waals surface area contributed by atoms with E-state index in [2.05, 4.69) is 15.4 Å². The van der Waals surface area contributed by atoms with Crippen LogP contribution in [-0.2, 0) is 0 Å². The average molecular weight is 289 g/mol. The summed E-state index contributed by atoms with van der Waals surface area (Å²) in [6.07, 6.45) is 0. The zero-order chi connectivity index (χ0) is 14.1. The highest BCUT2D eigenvalue weighted by Gasteiger charge is 2.18. The third-order valence-electron chi connectivity index (χ3n) is 2.77. The molecule has 0 bridgehead atoms. The highest BCUT2D eigenvalue weighted by Crippen LogP contribution is 2.35. The Balaban J connectivity index is 2.16. The van der Waals surface area contributed by atoms with Gasteiger partial charge in [0.25, 0.3) is 5.56 Å². The van der Waals surface area contributed by atoms with E-state index in [9.17, 15) is 4.79 Å². The molecule has 2 aromatic heterocycles. The van der Waals surface area contributed by atoms with E-state index in [-0.39, 0.29) is 11.4 Å². The molecule has 0 atom stereocenters. The highest BCUT2D eigenvalue weighted by molar-refractivity contribution is 6.30. The monoisotopic (exact) mass is 288 g/mol. The first-order valence-corrected chi connectivity index (χ1v) is 6.10. The fraction of sp³-hybridized carbons (Fsp3) is 0. The van der Waals surface area contributed by atoms with Crippen LogP contribution in [0.1, 0.15) is 0 Å². The lowest BCUT2D eigenvalue weighted by molar-refractivity contribution is 0.439. The first kappa shape index (κ1) is 12.4. The minimum atomic E-state index is -0.293. The van der Waals surface area contributed by atoms with E-state index in [1.807, 2.05) is 0 Å². The summed E-state index contributed by atoms with van der Waals surface area (Å²) in [5.41, 5.74) is 7.86. The van der Waals surface area contributed by atoms with Crippen LogP contribution in [0.15, 0.2) is 45.7 Å². The summed E-state index contributed by atoms with van der Waals surface area (Å²) in [5, 5.41) is 10.8. The number of benzene rings is 1. The van der Waals surface area contributed by atoms with Crippen LogP contribution in [0.4, 0.5) is 5.88 Å². The molecule has 6 nitrogen and oxygen atoms in total. The van der Waals surface area contributed by atoms with E-state index < -0.39 is 0 Å². The molecule has 100 valence electrons. The van der Waals surface area contributed by atoms with Crippen molar-refractivity contribution >= 4 is 17.5 Å². The maximum Gasteiger partial charge on any atom is 0.264 e. The molecule has 7 heteroatoms. The van der Waals surface area contributed by atoms with Crippen LogP contribution in [0.25, 0.3) is 22.5 Å². The van der Waals surface area contributed by atoms with Gasteiger partial charge in [0.15, 0.2) is 0 Å².